The molecule has 2 atom stereocenters. The summed E-state index contributed by atoms with van der Waals surface area (Å²) in [5, 5.41) is 30.1. The van der Waals surface area contributed by atoms with Gasteiger partial charge in [-0.3, -0.25) is 18.9 Å². The first-order valence-corrected chi connectivity index (χ1v) is 12.6. The molecule has 0 aliphatic carbocycles. The molecular formula is C22H20BN4O10P. The van der Waals surface area contributed by atoms with E-state index in [0.29, 0.717) is 5.56 Å². The number of benzene rings is 2. The minimum absolute atomic E-state index is 0.00874. The number of carboxylic acid groups (broad SMARTS) is 1. The van der Waals surface area contributed by atoms with Crippen molar-refractivity contribution in [1.29, 1.82) is 0 Å². The first-order valence-electron chi connectivity index (χ1n) is 11.0. The van der Waals surface area contributed by atoms with Crippen LogP contribution in [0.25, 0.3) is 0 Å². The molecule has 2 amide bonds. The Kier molecular flexibility index (Phi) is 7.46. The quantitative estimate of drug-likeness (QED) is 0.140. The van der Waals surface area contributed by atoms with Crippen LogP contribution in [0.1, 0.15) is 37.9 Å². The third kappa shape index (κ3) is 5.65. The summed E-state index contributed by atoms with van der Waals surface area (Å²) in [5.41, 5.74) is -0.804. The van der Waals surface area contributed by atoms with Crippen LogP contribution >= 0.6 is 7.60 Å². The molecule has 0 bridgehead atoms. The average Bonchev–Trinajstić information content (AvgIpc) is 2.87. The predicted octanol–water partition coefficient (Wildman–Crippen LogP) is -1.12. The number of aromatic amines is 1. The van der Waals surface area contributed by atoms with Crippen LogP contribution < -0.4 is 26.2 Å². The molecule has 38 heavy (non-hydrogen) atoms. The number of amides is 2. The van der Waals surface area contributed by atoms with Crippen molar-refractivity contribution >= 4 is 37.8 Å². The van der Waals surface area contributed by atoms with Gasteiger partial charge in [-0.05, 0) is 41.8 Å². The fourth-order valence-corrected chi connectivity index (χ4v) is 4.41. The Balaban J connectivity index is 1.62. The molecule has 3 aromatic rings. The topological polar surface area (TPSA) is 228 Å². The molecule has 7 N–H and O–H groups in total. The molecule has 14 nitrogen and oxygen atoms in total. The Morgan fingerprint density at radius 3 is 2.45 bits per heavy atom. The summed E-state index contributed by atoms with van der Waals surface area (Å²) in [7, 11) is -6.22. The van der Waals surface area contributed by atoms with Gasteiger partial charge < -0.3 is 35.2 Å². The van der Waals surface area contributed by atoms with Crippen LogP contribution in [0.15, 0.2) is 59.5 Å². The maximum absolute atomic E-state index is 13.3. The Bertz CT molecular complexity index is 1510. The minimum Gasteiger partial charge on any atom is -0.534 e. The van der Waals surface area contributed by atoms with E-state index in [2.05, 4.69) is 20.8 Å². The molecule has 0 unspecified atom stereocenters. The summed E-state index contributed by atoms with van der Waals surface area (Å²) in [6.45, 7) is 0. The van der Waals surface area contributed by atoms with Gasteiger partial charge in [0, 0.05) is 6.20 Å². The normalized spacial score (nSPS) is 15.6. The molecule has 16 heteroatoms. The highest BCUT2D eigenvalue weighted by atomic mass is 31.2. The van der Waals surface area contributed by atoms with Gasteiger partial charge in [-0.15, -0.1) is 0 Å². The predicted molar refractivity (Wildman–Crippen MR) is 131 cm³/mol. The number of fused-ring (bicyclic) bond motifs is 1. The van der Waals surface area contributed by atoms with Crippen molar-refractivity contribution < 1.29 is 43.5 Å². The molecular weight excluding hydrogens is 522 g/mol. The number of rotatable bonds is 7. The summed E-state index contributed by atoms with van der Waals surface area (Å²) in [4.78, 5) is 68.4. The van der Waals surface area contributed by atoms with Gasteiger partial charge >= 0.3 is 20.7 Å². The number of carbonyl (C=O) groups is 3. The number of nitrogens with one attached hydrogen (secondary N) is 3. The van der Waals surface area contributed by atoms with Gasteiger partial charge in [0.2, 0.25) is 5.91 Å². The number of hydrogen-bond acceptors (Lipinski definition) is 8. The third-order valence-electron chi connectivity index (χ3n) is 5.75. The molecule has 196 valence electrons. The Labute approximate surface area is 214 Å². The number of H-pyrrole nitrogens is 1. The van der Waals surface area contributed by atoms with Gasteiger partial charge in [-0.2, -0.15) is 5.10 Å². The molecule has 0 fully saturated rings. The highest BCUT2D eigenvalue weighted by molar-refractivity contribution is 7.60. The third-order valence-corrected chi connectivity index (χ3v) is 6.72. The van der Waals surface area contributed by atoms with Gasteiger partial charge in [0.05, 0.1) is 16.8 Å². The minimum atomic E-state index is -4.58. The van der Waals surface area contributed by atoms with Crippen molar-refractivity contribution in [2.75, 3.05) is 0 Å². The molecule has 2 heterocycles. The van der Waals surface area contributed by atoms with E-state index < -0.39 is 50.0 Å². The fourth-order valence-electron chi connectivity index (χ4n) is 3.87. The zero-order chi connectivity index (χ0) is 27.6. The zero-order valence-corrected chi connectivity index (χ0v) is 20.2. The van der Waals surface area contributed by atoms with Crippen LogP contribution in [0.2, 0.25) is 0 Å². The van der Waals surface area contributed by atoms with Crippen molar-refractivity contribution in [3.05, 3.63) is 87.3 Å². The van der Waals surface area contributed by atoms with Crippen LogP contribution in [-0.4, -0.2) is 61.0 Å². The van der Waals surface area contributed by atoms with Crippen LogP contribution in [0, 0.1) is 0 Å². The van der Waals surface area contributed by atoms with E-state index in [1.807, 2.05) is 0 Å². The molecule has 0 spiro atoms. The van der Waals surface area contributed by atoms with Crippen LogP contribution in [0.5, 0.6) is 5.75 Å². The lowest BCUT2D eigenvalue weighted by atomic mass is 9.72. The van der Waals surface area contributed by atoms with Crippen LogP contribution in [0.3, 0.4) is 0 Å². The first-order chi connectivity index (χ1) is 18.0. The van der Waals surface area contributed by atoms with Gasteiger partial charge in [-0.1, -0.05) is 24.3 Å². The largest absolute Gasteiger partial charge is 0.547 e. The van der Waals surface area contributed by atoms with E-state index in [0.717, 1.165) is 18.2 Å². The zero-order valence-electron chi connectivity index (χ0n) is 19.3. The molecule has 2 aromatic carbocycles. The summed E-state index contributed by atoms with van der Waals surface area (Å²) < 4.78 is 16.9. The highest BCUT2D eigenvalue weighted by Crippen LogP contribution is 2.33. The van der Waals surface area contributed by atoms with E-state index in [-0.39, 0.29) is 34.2 Å². The average molecular weight is 542 g/mol. The molecule has 4 rings (SSSR count). The van der Waals surface area contributed by atoms with Gasteiger partial charge in [-0.25, -0.2) is 9.89 Å². The highest BCUT2D eigenvalue weighted by Gasteiger charge is 2.39. The molecule has 1 aliphatic heterocycles. The van der Waals surface area contributed by atoms with Gasteiger partial charge in [0.25, 0.3) is 11.5 Å². The maximum Gasteiger partial charge on any atom is 0.547 e. The first kappa shape index (κ1) is 26.8. The number of hydrogen-bond donors (Lipinski definition) is 7. The number of aromatic nitrogens is 2. The van der Waals surface area contributed by atoms with E-state index >= 15 is 0 Å². The van der Waals surface area contributed by atoms with Crippen molar-refractivity contribution in [2.24, 2.45) is 0 Å². The van der Waals surface area contributed by atoms with Crippen molar-refractivity contribution in [3.8, 4) is 5.75 Å². The number of nitrogens with zero attached hydrogens (tertiary/aromatic N) is 1. The summed E-state index contributed by atoms with van der Waals surface area (Å²) in [6.07, 6.45) is 1.16. The lowest BCUT2D eigenvalue weighted by Gasteiger charge is -2.30. The van der Waals surface area contributed by atoms with E-state index in [1.54, 1.807) is 6.07 Å². The Morgan fingerprint density at radius 2 is 1.82 bits per heavy atom. The van der Waals surface area contributed by atoms with Crippen LogP contribution in [0.4, 0.5) is 0 Å². The second kappa shape index (κ2) is 10.6. The smallest absolute Gasteiger partial charge is 0.534 e. The van der Waals surface area contributed by atoms with E-state index in [1.165, 1.54) is 30.5 Å². The standard InChI is InChI=1S/C22H20BN4O10P/c28-19(15-8-9-24-27-20(15)29)26-17(11-4-6-13(7-5-11)38(34,35)36)21(30)25-16-10-12-2-1-3-14(22(31)32)18(12)37-23(16)33/h1-9,16-17,33H,10H2,(H,25,30)(H,26,28)(H,27,29)(H,31,32)(H2,34,35,36)/t16-,17-/m0/s1. The maximum atomic E-state index is 13.3. The Hall–Kier alpha value is -4.30. The summed E-state index contributed by atoms with van der Waals surface area (Å²) in [5.74, 6) is -4.14. The number of para-hydroxylation sites is 1. The molecule has 0 saturated carbocycles. The lowest BCUT2D eigenvalue weighted by molar-refractivity contribution is -0.123. The molecule has 0 radical (unpaired) electrons. The van der Waals surface area contributed by atoms with Crippen molar-refractivity contribution in [2.45, 2.75) is 18.4 Å². The number of aromatic carboxylic acids is 1. The van der Waals surface area contributed by atoms with Crippen molar-refractivity contribution in [1.82, 2.24) is 20.8 Å². The van der Waals surface area contributed by atoms with E-state index in [9.17, 15) is 43.7 Å². The summed E-state index contributed by atoms with van der Waals surface area (Å²) >= 11 is 0. The Morgan fingerprint density at radius 1 is 1.11 bits per heavy atom. The molecule has 1 aliphatic rings. The second-order valence-electron chi connectivity index (χ2n) is 8.27. The fraction of sp³-hybridized carbons (Fsp3) is 0.136. The molecule has 1 aromatic heterocycles. The lowest BCUT2D eigenvalue weighted by Crippen LogP contribution is -2.55. The van der Waals surface area contributed by atoms with E-state index in [4.69, 9.17) is 4.65 Å². The molecule has 0 saturated heterocycles. The van der Waals surface area contributed by atoms with Crippen LogP contribution in [-0.2, 0) is 15.8 Å². The SMILES string of the molecule is O=C(O)c1cccc2c1OB(O)[C@@H](NC(=O)[C@@H](NC(=O)c1ccn[nH]c1=O)c1ccc(P(=O)(O)O)cc1)C2. The van der Waals surface area contributed by atoms with Gasteiger partial charge in [0.15, 0.2) is 0 Å². The van der Waals surface area contributed by atoms with Crippen molar-refractivity contribution in [3.63, 3.8) is 0 Å². The monoisotopic (exact) mass is 542 g/mol. The summed E-state index contributed by atoms with van der Waals surface area (Å²) in [6, 6.07) is 8.64. The second-order valence-corrected chi connectivity index (χ2v) is 9.87. The van der Waals surface area contributed by atoms with Gasteiger partial charge in [0.1, 0.15) is 17.4 Å². The number of carboxylic acids is 1. The number of carbonyl (C=O) groups excluding carboxylic acids is 2.